The van der Waals surface area contributed by atoms with Crippen molar-refractivity contribution in [3.63, 3.8) is 0 Å². The minimum Gasteiger partial charge on any atom is -0.375 e. The number of hydrogen-bond donors (Lipinski definition) is 2. The molecule has 0 fully saturated rings. The zero-order chi connectivity index (χ0) is 8.97. The molecule has 0 saturated heterocycles. The van der Waals surface area contributed by atoms with E-state index in [-0.39, 0.29) is 5.11 Å². The van der Waals surface area contributed by atoms with Gasteiger partial charge in [0, 0.05) is 0 Å². The Labute approximate surface area is 79.6 Å². The molecule has 0 saturated carbocycles. The molecule has 3 N–H and O–H groups in total. The van der Waals surface area contributed by atoms with Crippen molar-refractivity contribution >= 4 is 35.1 Å². The molecular formula is C6H8N4S2. The Bertz CT molecular complexity index is 304. The second-order valence-corrected chi connectivity index (χ2v) is 3.38. The number of rotatable bonds is 2. The fourth-order valence-electron chi connectivity index (χ4n) is 0.604. The third-order valence-electron chi connectivity index (χ3n) is 1.01. The van der Waals surface area contributed by atoms with Gasteiger partial charge in [-0.25, -0.2) is 0 Å². The SMILES string of the molecule is Cc1cc(/C=N/NC(N)=S)sn1. The molecule has 0 atom stereocenters. The summed E-state index contributed by atoms with van der Waals surface area (Å²) in [5.74, 6) is 0. The molecule has 64 valence electrons. The fraction of sp³-hybridized carbons (Fsp3) is 0.167. The molecule has 1 rings (SSSR count). The molecule has 0 radical (unpaired) electrons. The van der Waals surface area contributed by atoms with Gasteiger partial charge in [0.15, 0.2) is 5.11 Å². The van der Waals surface area contributed by atoms with E-state index in [1.807, 2.05) is 13.0 Å². The van der Waals surface area contributed by atoms with Gasteiger partial charge in [0.1, 0.15) is 0 Å². The van der Waals surface area contributed by atoms with Crippen LogP contribution in [-0.2, 0) is 0 Å². The molecule has 0 unspecified atom stereocenters. The average molecular weight is 200 g/mol. The van der Waals surface area contributed by atoms with E-state index in [0.29, 0.717) is 0 Å². The second kappa shape index (κ2) is 4.13. The van der Waals surface area contributed by atoms with Gasteiger partial charge in [0.2, 0.25) is 0 Å². The topological polar surface area (TPSA) is 63.3 Å². The van der Waals surface area contributed by atoms with E-state index in [4.69, 9.17) is 5.73 Å². The summed E-state index contributed by atoms with van der Waals surface area (Å²) in [5, 5.41) is 3.94. The molecule has 0 amide bonds. The van der Waals surface area contributed by atoms with Gasteiger partial charge in [0.05, 0.1) is 16.8 Å². The first-order valence-corrected chi connectivity index (χ1v) is 4.38. The third kappa shape index (κ3) is 2.93. The number of hydrogen-bond acceptors (Lipinski definition) is 4. The average Bonchev–Trinajstić information content (AvgIpc) is 2.35. The Balaban J connectivity index is 2.52. The minimum atomic E-state index is 0.160. The number of nitrogens with one attached hydrogen (secondary N) is 1. The van der Waals surface area contributed by atoms with E-state index >= 15 is 0 Å². The van der Waals surface area contributed by atoms with Crippen molar-refractivity contribution in [2.45, 2.75) is 6.92 Å². The van der Waals surface area contributed by atoms with E-state index in [1.165, 1.54) is 11.5 Å². The Hall–Kier alpha value is -1.01. The van der Waals surface area contributed by atoms with Gasteiger partial charge in [-0.2, -0.15) is 9.47 Å². The van der Waals surface area contributed by atoms with Crippen LogP contribution in [0.15, 0.2) is 11.2 Å². The summed E-state index contributed by atoms with van der Waals surface area (Å²) in [4.78, 5) is 0.969. The molecule has 12 heavy (non-hydrogen) atoms. The minimum absolute atomic E-state index is 0.160. The maximum Gasteiger partial charge on any atom is 0.184 e. The number of aromatic nitrogens is 1. The van der Waals surface area contributed by atoms with E-state index in [0.717, 1.165) is 10.6 Å². The molecule has 0 aliphatic rings. The second-order valence-electron chi connectivity index (χ2n) is 2.10. The van der Waals surface area contributed by atoms with Crippen LogP contribution in [0.1, 0.15) is 10.6 Å². The molecule has 4 nitrogen and oxygen atoms in total. The van der Waals surface area contributed by atoms with Crippen molar-refractivity contribution in [1.82, 2.24) is 9.80 Å². The van der Waals surface area contributed by atoms with Gasteiger partial charge in [-0.15, -0.1) is 0 Å². The van der Waals surface area contributed by atoms with Crippen LogP contribution >= 0.6 is 23.8 Å². The van der Waals surface area contributed by atoms with Gasteiger partial charge in [-0.1, -0.05) is 0 Å². The van der Waals surface area contributed by atoms with Crippen LogP contribution in [0.5, 0.6) is 0 Å². The normalized spacial score (nSPS) is 10.4. The lowest BCUT2D eigenvalue weighted by atomic mass is 10.4. The van der Waals surface area contributed by atoms with Gasteiger partial charge in [-0.3, -0.25) is 5.43 Å². The highest BCUT2D eigenvalue weighted by atomic mass is 32.1. The van der Waals surface area contributed by atoms with Crippen molar-refractivity contribution in [3.05, 3.63) is 16.6 Å². The molecule has 0 aliphatic heterocycles. The molecule has 0 spiro atoms. The smallest absolute Gasteiger partial charge is 0.184 e. The lowest BCUT2D eigenvalue weighted by molar-refractivity contribution is 1.04. The van der Waals surface area contributed by atoms with Crippen molar-refractivity contribution in [1.29, 1.82) is 0 Å². The monoisotopic (exact) mass is 200 g/mol. The number of hydrazone groups is 1. The zero-order valence-electron chi connectivity index (χ0n) is 6.44. The Morgan fingerprint density at radius 3 is 3.17 bits per heavy atom. The van der Waals surface area contributed by atoms with E-state index in [9.17, 15) is 0 Å². The van der Waals surface area contributed by atoms with Gasteiger partial charge in [0.25, 0.3) is 0 Å². The molecule has 0 aromatic carbocycles. The third-order valence-corrected chi connectivity index (χ3v) is 1.92. The standard InChI is InChI=1S/C6H8N4S2/c1-4-2-5(12-10-4)3-8-9-6(7)11/h2-3H,1H3,(H3,7,9,11)/b8-3+. The quantitative estimate of drug-likeness (QED) is 0.417. The van der Waals surface area contributed by atoms with Crippen molar-refractivity contribution < 1.29 is 0 Å². The van der Waals surface area contributed by atoms with Gasteiger partial charge in [-0.05, 0) is 36.7 Å². The lowest BCUT2D eigenvalue weighted by Crippen LogP contribution is -2.23. The summed E-state index contributed by atoms with van der Waals surface area (Å²) in [6.07, 6.45) is 1.63. The van der Waals surface area contributed by atoms with E-state index in [2.05, 4.69) is 27.1 Å². The number of aryl methyl sites for hydroxylation is 1. The summed E-state index contributed by atoms with van der Waals surface area (Å²) >= 11 is 5.93. The number of thiocarbonyl (C=S) groups is 1. The van der Waals surface area contributed by atoms with E-state index in [1.54, 1.807) is 6.21 Å². The Kier molecular flexibility index (Phi) is 3.12. The summed E-state index contributed by atoms with van der Waals surface area (Å²) < 4.78 is 4.07. The Morgan fingerprint density at radius 2 is 2.67 bits per heavy atom. The summed E-state index contributed by atoms with van der Waals surface area (Å²) in [5.41, 5.74) is 8.60. The van der Waals surface area contributed by atoms with Crippen LogP contribution in [0.4, 0.5) is 0 Å². The van der Waals surface area contributed by atoms with E-state index < -0.39 is 0 Å². The maximum atomic E-state index is 5.16. The molecule has 1 heterocycles. The molecular weight excluding hydrogens is 192 g/mol. The van der Waals surface area contributed by atoms with Gasteiger partial charge >= 0.3 is 0 Å². The largest absolute Gasteiger partial charge is 0.375 e. The predicted octanol–water partition coefficient (Wildman–Crippen LogP) is 0.619. The zero-order valence-corrected chi connectivity index (χ0v) is 8.08. The highest BCUT2D eigenvalue weighted by Crippen LogP contribution is 2.04. The maximum absolute atomic E-state index is 5.16. The van der Waals surface area contributed by atoms with Crippen LogP contribution in [0.25, 0.3) is 0 Å². The van der Waals surface area contributed by atoms with Crippen LogP contribution in [0, 0.1) is 6.92 Å². The highest BCUT2D eigenvalue weighted by Gasteiger charge is 1.92. The summed E-state index contributed by atoms with van der Waals surface area (Å²) in [7, 11) is 0. The first kappa shape index (κ1) is 9.08. The number of nitrogens with two attached hydrogens (primary N) is 1. The summed E-state index contributed by atoms with van der Waals surface area (Å²) in [6.45, 7) is 1.93. The lowest BCUT2D eigenvalue weighted by Gasteiger charge is -1.90. The van der Waals surface area contributed by atoms with Crippen molar-refractivity contribution in [2.24, 2.45) is 10.8 Å². The van der Waals surface area contributed by atoms with Crippen LogP contribution in [0.2, 0.25) is 0 Å². The van der Waals surface area contributed by atoms with Crippen LogP contribution in [-0.4, -0.2) is 15.7 Å². The summed E-state index contributed by atoms with van der Waals surface area (Å²) in [6, 6.07) is 1.93. The van der Waals surface area contributed by atoms with Crippen molar-refractivity contribution in [2.75, 3.05) is 0 Å². The molecule has 1 aromatic heterocycles. The first-order valence-electron chi connectivity index (χ1n) is 3.20. The van der Waals surface area contributed by atoms with Crippen LogP contribution < -0.4 is 11.2 Å². The number of nitrogens with zero attached hydrogens (tertiary/aromatic N) is 2. The van der Waals surface area contributed by atoms with Gasteiger partial charge < -0.3 is 5.73 Å². The molecule has 0 bridgehead atoms. The molecule has 0 aliphatic carbocycles. The Morgan fingerprint density at radius 1 is 1.92 bits per heavy atom. The molecule has 1 aromatic rings. The van der Waals surface area contributed by atoms with Crippen molar-refractivity contribution in [3.8, 4) is 0 Å². The van der Waals surface area contributed by atoms with Crippen LogP contribution in [0.3, 0.4) is 0 Å². The highest BCUT2D eigenvalue weighted by molar-refractivity contribution is 7.80. The first-order chi connectivity index (χ1) is 5.68. The predicted molar refractivity (Wildman–Crippen MR) is 54.4 cm³/mol. The fourth-order valence-corrected chi connectivity index (χ4v) is 1.28. The molecule has 6 heteroatoms.